The molecule has 2 aromatic heterocycles. The average molecular weight is 373 g/mol. The number of hydrogen-bond donors (Lipinski definition) is 2. The Hall–Kier alpha value is -3.41. The highest BCUT2D eigenvalue weighted by molar-refractivity contribution is 6.03. The molecular weight excluding hydrogens is 350 g/mol. The molecule has 0 radical (unpaired) electrons. The molecule has 3 heterocycles. The molecule has 1 aliphatic rings. The van der Waals surface area contributed by atoms with Gasteiger partial charge in [-0.05, 0) is 50.6 Å². The lowest BCUT2D eigenvalue weighted by molar-refractivity contribution is 0.255. The first-order valence-corrected chi connectivity index (χ1v) is 9.45. The van der Waals surface area contributed by atoms with Crippen molar-refractivity contribution in [3.05, 3.63) is 66.4 Å². The maximum atomic E-state index is 13.1. The predicted octanol–water partition coefficient (Wildman–Crippen LogP) is 4.69. The molecule has 0 spiro atoms. The van der Waals surface area contributed by atoms with Crippen molar-refractivity contribution in [1.29, 1.82) is 0 Å². The number of pyridine rings is 2. The molecule has 0 aliphatic carbocycles. The Kier molecular flexibility index (Phi) is 4.93. The van der Waals surface area contributed by atoms with Crippen LogP contribution in [0.2, 0.25) is 0 Å². The molecular formula is C22H23N5O. The molecule has 2 amide bonds. The molecule has 142 valence electrons. The molecule has 4 rings (SSSR count). The molecule has 0 bridgehead atoms. The van der Waals surface area contributed by atoms with Crippen LogP contribution >= 0.6 is 0 Å². The number of hydrogen-bond acceptors (Lipinski definition) is 4. The molecule has 3 aromatic rings. The van der Waals surface area contributed by atoms with Crippen LogP contribution in [0, 0.1) is 6.92 Å². The van der Waals surface area contributed by atoms with E-state index >= 15 is 0 Å². The van der Waals surface area contributed by atoms with E-state index < -0.39 is 0 Å². The van der Waals surface area contributed by atoms with Gasteiger partial charge in [-0.3, -0.25) is 10.2 Å². The van der Waals surface area contributed by atoms with Crippen LogP contribution in [0.4, 0.5) is 22.1 Å². The largest absolute Gasteiger partial charge is 0.382 e. The van der Waals surface area contributed by atoms with Crippen molar-refractivity contribution in [1.82, 2.24) is 9.97 Å². The maximum absolute atomic E-state index is 13.1. The molecule has 1 aromatic carbocycles. The van der Waals surface area contributed by atoms with E-state index in [9.17, 15) is 4.79 Å². The van der Waals surface area contributed by atoms with Gasteiger partial charge in [0.05, 0.1) is 11.4 Å². The number of fused-ring (bicyclic) bond motifs is 1. The van der Waals surface area contributed by atoms with Crippen molar-refractivity contribution in [3.8, 4) is 11.3 Å². The third-order valence-corrected chi connectivity index (χ3v) is 4.85. The van der Waals surface area contributed by atoms with Crippen LogP contribution in [0.3, 0.4) is 0 Å². The van der Waals surface area contributed by atoms with Crippen LogP contribution in [0.1, 0.15) is 18.9 Å². The van der Waals surface area contributed by atoms with E-state index in [1.165, 1.54) is 5.56 Å². The zero-order valence-electron chi connectivity index (χ0n) is 16.0. The van der Waals surface area contributed by atoms with Gasteiger partial charge >= 0.3 is 6.03 Å². The quantitative estimate of drug-likeness (QED) is 0.683. The lowest BCUT2D eigenvalue weighted by Gasteiger charge is -2.27. The first kappa shape index (κ1) is 18.0. The number of anilines is 3. The van der Waals surface area contributed by atoms with Gasteiger partial charge in [-0.25, -0.2) is 14.8 Å². The molecule has 28 heavy (non-hydrogen) atoms. The standard InChI is InChI=1S/C22H23N5O/c1-15-6-5-7-17(14-15)18-9-10-19-21(25-18)27(16(2)11-13-23-19)22(28)26-20-8-3-4-12-24-20/h3-10,12,14,16,23H,11,13H2,1-2H3,(H,24,26,28)/t16-/m1/s1. The second-order valence-electron chi connectivity index (χ2n) is 7.02. The number of carbonyl (C=O) groups excluding carboxylic acids is 1. The Morgan fingerprint density at radius 1 is 1.18 bits per heavy atom. The Balaban J connectivity index is 1.73. The minimum Gasteiger partial charge on any atom is -0.382 e. The van der Waals surface area contributed by atoms with Crippen molar-refractivity contribution in [2.45, 2.75) is 26.3 Å². The van der Waals surface area contributed by atoms with Crippen LogP contribution in [-0.4, -0.2) is 28.6 Å². The van der Waals surface area contributed by atoms with Crippen LogP contribution < -0.4 is 15.5 Å². The highest BCUT2D eigenvalue weighted by Gasteiger charge is 2.28. The molecule has 1 aliphatic heterocycles. The van der Waals surface area contributed by atoms with E-state index in [4.69, 9.17) is 4.98 Å². The zero-order valence-corrected chi connectivity index (χ0v) is 16.0. The Morgan fingerprint density at radius 3 is 2.86 bits per heavy atom. The number of amides is 2. The van der Waals surface area contributed by atoms with Gasteiger partial charge in [0.15, 0.2) is 5.82 Å². The van der Waals surface area contributed by atoms with Crippen molar-refractivity contribution in [2.75, 3.05) is 22.1 Å². The maximum Gasteiger partial charge on any atom is 0.328 e. The predicted molar refractivity (Wildman–Crippen MR) is 113 cm³/mol. The summed E-state index contributed by atoms with van der Waals surface area (Å²) in [4.78, 5) is 23.9. The summed E-state index contributed by atoms with van der Waals surface area (Å²) in [6.45, 7) is 4.88. The summed E-state index contributed by atoms with van der Waals surface area (Å²) in [6, 6.07) is 17.4. The molecule has 1 atom stereocenters. The molecule has 0 unspecified atom stereocenters. The number of rotatable bonds is 2. The van der Waals surface area contributed by atoms with Gasteiger partial charge in [-0.2, -0.15) is 0 Å². The lowest BCUT2D eigenvalue weighted by atomic mass is 10.1. The number of nitrogens with zero attached hydrogens (tertiary/aromatic N) is 3. The average Bonchev–Trinajstić information content (AvgIpc) is 2.86. The first-order valence-electron chi connectivity index (χ1n) is 9.45. The van der Waals surface area contributed by atoms with Crippen LogP contribution in [0.25, 0.3) is 11.3 Å². The minimum absolute atomic E-state index is 0.00211. The van der Waals surface area contributed by atoms with E-state index in [1.54, 1.807) is 17.2 Å². The molecule has 2 N–H and O–H groups in total. The van der Waals surface area contributed by atoms with Crippen molar-refractivity contribution < 1.29 is 4.79 Å². The molecule has 0 fully saturated rings. The van der Waals surface area contributed by atoms with Crippen LogP contribution in [-0.2, 0) is 0 Å². The number of aryl methyl sites for hydroxylation is 1. The van der Waals surface area contributed by atoms with E-state index in [0.29, 0.717) is 11.6 Å². The first-order chi connectivity index (χ1) is 13.6. The van der Waals surface area contributed by atoms with E-state index in [1.807, 2.05) is 43.3 Å². The van der Waals surface area contributed by atoms with Gasteiger partial charge in [0, 0.05) is 24.3 Å². The third-order valence-electron chi connectivity index (χ3n) is 4.85. The highest BCUT2D eigenvalue weighted by atomic mass is 16.2. The fourth-order valence-corrected chi connectivity index (χ4v) is 3.39. The fraction of sp³-hybridized carbons (Fsp3) is 0.227. The zero-order chi connectivity index (χ0) is 19.5. The summed E-state index contributed by atoms with van der Waals surface area (Å²) < 4.78 is 0. The van der Waals surface area contributed by atoms with Crippen LogP contribution in [0.15, 0.2) is 60.8 Å². The Morgan fingerprint density at radius 2 is 2.07 bits per heavy atom. The van der Waals surface area contributed by atoms with Gasteiger partial charge in [0.25, 0.3) is 0 Å². The monoisotopic (exact) mass is 373 g/mol. The van der Waals surface area contributed by atoms with Gasteiger partial charge in [-0.15, -0.1) is 0 Å². The SMILES string of the molecule is Cc1cccc(-c2ccc3c(n2)N(C(=O)Nc2ccccn2)[C@H](C)CCN3)c1. The van der Waals surface area contributed by atoms with Crippen LogP contribution in [0.5, 0.6) is 0 Å². The van der Waals surface area contributed by atoms with E-state index in [0.717, 1.165) is 29.9 Å². The highest BCUT2D eigenvalue weighted by Crippen LogP contribution is 2.32. The van der Waals surface area contributed by atoms with E-state index in [-0.39, 0.29) is 12.1 Å². The number of carbonyl (C=O) groups is 1. The Bertz CT molecular complexity index is 989. The second kappa shape index (κ2) is 7.68. The number of aromatic nitrogens is 2. The van der Waals surface area contributed by atoms with E-state index in [2.05, 4.69) is 34.7 Å². The Labute approximate surface area is 164 Å². The fourth-order valence-electron chi connectivity index (χ4n) is 3.39. The third kappa shape index (κ3) is 3.67. The molecule has 6 heteroatoms. The summed E-state index contributed by atoms with van der Waals surface area (Å²) in [5.74, 6) is 1.16. The van der Waals surface area contributed by atoms with Crippen molar-refractivity contribution >= 4 is 23.4 Å². The van der Waals surface area contributed by atoms with Gasteiger partial charge in [-0.1, -0.05) is 29.8 Å². The summed E-state index contributed by atoms with van der Waals surface area (Å²) in [7, 11) is 0. The summed E-state index contributed by atoms with van der Waals surface area (Å²) in [6.07, 6.45) is 2.48. The molecule has 0 saturated carbocycles. The van der Waals surface area contributed by atoms with Crippen molar-refractivity contribution in [2.24, 2.45) is 0 Å². The smallest absolute Gasteiger partial charge is 0.328 e. The topological polar surface area (TPSA) is 70.2 Å². The van der Waals surface area contributed by atoms with Crippen molar-refractivity contribution in [3.63, 3.8) is 0 Å². The van der Waals surface area contributed by atoms with Gasteiger partial charge in [0.2, 0.25) is 0 Å². The lowest BCUT2D eigenvalue weighted by Crippen LogP contribution is -2.42. The summed E-state index contributed by atoms with van der Waals surface area (Å²) in [5.41, 5.74) is 3.90. The molecule has 0 saturated heterocycles. The van der Waals surface area contributed by atoms with Gasteiger partial charge < -0.3 is 5.32 Å². The molecule has 6 nitrogen and oxygen atoms in total. The summed E-state index contributed by atoms with van der Waals surface area (Å²) >= 11 is 0. The minimum atomic E-state index is -0.231. The number of nitrogens with one attached hydrogen (secondary N) is 2. The summed E-state index contributed by atoms with van der Waals surface area (Å²) in [5, 5.41) is 6.28. The number of benzene rings is 1. The van der Waals surface area contributed by atoms with Gasteiger partial charge in [0.1, 0.15) is 5.82 Å². The number of urea groups is 1. The normalized spacial score (nSPS) is 15.9. The second-order valence-corrected chi connectivity index (χ2v) is 7.02.